The molecule has 0 saturated carbocycles. The number of hydrogen-bond donors (Lipinski definition) is 1. The van der Waals surface area contributed by atoms with E-state index in [1.54, 1.807) is 0 Å². The molecule has 0 amide bonds. The second-order valence-electron chi connectivity index (χ2n) is 5.88. The predicted octanol–water partition coefficient (Wildman–Crippen LogP) is 3.43. The first kappa shape index (κ1) is 18.7. The summed E-state index contributed by atoms with van der Waals surface area (Å²) in [5.41, 5.74) is -0.995. The molecule has 0 aliphatic carbocycles. The molecule has 1 N–H and O–H groups in total. The molecule has 0 unspecified atom stereocenters. The molecule has 1 fully saturated rings. The molecule has 2 heterocycles. The van der Waals surface area contributed by atoms with Gasteiger partial charge in [0.05, 0.1) is 17.4 Å². The highest BCUT2D eigenvalue weighted by Crippen LogP contribution is 2.37. The zero-order chi connectivity index (χ0) is 18.7. The quantitative estimate of drug-likeness (QED) is 0.868. The average Bonchev–Trinajstić information content (AvgIpc) is 2.63. The molecule has 1 saturated heterocycles. The third kappa shape index (κ3) is 4.34. The number of rotatable bonds is 4. The second kappa shape index (κ2) is 7.63. The van der Waals surface area contributed by atoms with Crippen LogP contribution in [0.1, 0.15) is 12.5 Å². The molecule has 0 bridgehead atoms. The van der Waals surface area contributed by atoms with Gasteiger partial charge in [0.2, 0.25) is 5.95 Å². The van der Waals surface area contributed by atoms with Gasteiger partial charge in [-0.3, -0.25) is 0 Å². The van der Waals surface area contributed by atoms with Crippen molar-refractivity contribution in [2.45, 2.75) is 13.1 Å². The fourth-order valence-corrected chi connectivity index (χ4v) is 2.92. The van der Waals surface area contributed by atoms with E-state index in [1.807, 2.05) is 4.90 Å². The highest BCUT2D eigenvalue weighted by atomic mass is 35.5. The van der Waals surface area contributed by atoms with E-state index in [0.717, 1.165) is 38.8 Å². The molecule has 1 aliphatic heterocycles. The lowest BCUT2D eigenvalue weighted by Gasteiger charge is -2.33. The van der Waals surface area contributed by atoms with Crippen molar-refractivity contribution in [3.05, 3.63) is 35.0 Å². The molecule has 1 aromatic heterocycles. The van der Waals surface area contributed by atoms with Crippen molar-refractivity contribution in [1.29, 1.82) is 0 Å². The lowest BCUT2D eigenvalue weighted by Crippen LogP contribution is -2.46. The monoisotopic (exact) mass is 386 g/mol. The SMILES string of the molecule is CCN1CCN(c2nncc(Nc3ccc(Cl)cc3C(F)(F)F)n2)CC1. The van der Waals surface area contributed by atoms with Gasteiger partial charge in [-0.15, -0.1) is 5.10 Å². The summed E-state index contributed by atoms with van der Waals surface area (Å²) in [4.78, 5) is 8.58. The first-order valence-corrected chi connectivity index (χ1v) is 8.55. The first-order valence-electron chi connectivity index (χ1n) is 8.17. The van der Waals surface area contributed by atoms with E-state index in [1.165, 1.54) is 18.3 Å². The van der Waals surface area contributed by atoms with Crippen molar-refractivity contribution >= 4 is 29.1 Å². The molecule has 1 aromatic carbocycles. The van der Waals surface area contributed by atoms with E-state index < -0.39 is 11.7 Å². The van der Waals surface area contributed by atoms with E-state index in [9.17, 15) is 13.2 Å². The molecular formula is C16H18ClF3N6. The van der Waals surface area contributed by atoms with E-state index in [0.29, 0.717) is 5.95 Å². The van der Waals surface area contributed by atoms with Crippen molar-refractivity contribution in [2.75, 3.05) is 42.9 Å². The molecule has 2 aromatic rings. The van der Waals surface area contributed by atoms with Crippen LogP contribution in [0.25, 0.3) is 0 Å². The number of hydrogen-bond acceptors (Lipinski definition) is 6. The van der Waals surface area contributed by atoms with E-state index in [4.69, 9.17) is 11.6 Å². The summed E-state index contributed by atoms with van der Waals surface area (Å²) in [5.74, 6) is 0.592. The van der Waals surface area contributed by atoms with Gasteiger partial charge in [-0.05, 0) is 24.7 Å². The largest absolute Gasteiger partial charge is 0.418 e. The molecule has 26 heavy (non-hydrogen) atoms. The molecule has 0 atom stereocenters. The fraction of sp³-hybridized carbons (Fsp3) is 0.438. The van der Waals surface area contributed by atoms with Crippen LogP contribution in [0.15, 0.2) is 24.4 Å². The van der Waals surface area contributed by atoms with Crippen LogP contribution in [0.5, 0.6) is 0 Å². The third-order valence-corrected chi connectivity index (χ3v) is 4.43. The Balaban J connectivity index is 1.80. The van der Waals surface area contributed by atoms with E-state index in [-0.39, 0.29) is 16.5 Å². The number of anilines is 3. The van der Waals surface area contributed by atoms with Crippen LogP contribution in [0.2, 0.25) is 5.02 Å². The topological polar surface area (TPSA) is 57.2 Å². The Kier molecular flexibility index (Phi) is 5.47. The van der Waals surface area contributed by atoms with Gasteiger partial charge < -0.3 is 15.1 Å². The smallest absolute Gasteiger partial charge is 0.338 e. The summed E-state index contributed by atoms with van der Waals surface area (Å²) in [6, 6.07) is 3.54. The van der Waals surface area contributed by atoms with Crippen molar-refractivity contribution in [1.82, 2.24) is 20.1 Å². The number of benzene rings is 1. The minimum atomic E-state index is -4.53. The summed E-state index contributed by atoms with van der Waals surface area (Å²) in [5, 5.41) is 10.6. The molecule has 140 valence electrons. The number of alkyl halides is 3. The van der Waals surface area contributed by atoms with Gasteiger partial charge in [0, 0.05) is 31.2 Å². The number of halogens is 4. The molecule has 0 radical (unpaired) electrons. The lowest BCUT2D eigenvalue weighted by molar-refractivity contribution is -0.136. The zero-order valence-electron chi connectivity index (χ0n) is 14.1. The van der Waals surface area contributed by atoms with Gasteiger partial charge in [0.25, 0.3) is 0 Å². The van der Waals surface area contributed by atoms with Gasteiger partial charge in [0.1, 0.15) is 0 Å². The van der Waals surface area contributed by atoms with Crippen molar-refractivity contribution in [3.63, 3.8) is 0 Å². The average molecular weight is 387 g/mol. The van der Waals surface area contributed by atoms with Crippen molar-refractivity contribution in [2.24, 2.45) is 0 Å². The molecular weight excluding hydrogens is 369 g/mol. The fourth-order valence-electron chi connectivity index (χ4n) is 2.75. The Hall–Kier alpha value is -2.13. The van der Waals surface area contributed by atoms with Crippen molar-refractivity contribution < 1.29 is 13.2 Å². The number of piperazine rings is 1. The summed E-state index contributed by atoms with van der Waals surface area (Å²) >= 11 is 5.70. The Morgan fingerprint density at radius 1 is 1.19 bits per heavy atom. The van der Waals surface area contributed by atoms with Crippen LogP contribution in [-0.4, -0.2) is 52.8 Å². The van der Waals surface area contributed by atoms with Gasteiger partial charge >= 0.3 is 6.18 Å². The van der Waals surface area contributed by atoms with Crippen LogP contribution >= 0.6 is 11.6 Å². The second-order valence-corrected chi connectivity index (χ2v) is 6.31. The highest BCUT2D eigenvalue weighted by molar-refractivity contribution is 6.30. The van der Waals surface area contributed by atoms with Crippen molar-refractivity contribution in [3.8, 4) is 0 Å². The van der Waals surface area contributed by atoms with Crippen LogP contribution in [0.4, 0.5) is 30.6 Å². The van der Waals surface area contributed by atoms with Crippen LogP contribution < -0.4 is 10.2 Å². The lowest BCUT2D eigenvalue weighted by atomic mass is 10.1. The molecule has 1 aliphatic rings. The molecule has 6 nitrogen and oxygen atoms in total. The normalized spacial score (nSPS) is 16.0. The maximum absolute atomic E-state index is 13.2. The summed E-state index contributed by atoms with van der Waals surface area (Å²) in [6.07, 6.45) is -3.24. The Morgan fingerprint density at radius 2 is 1.92 bits per heavy atom. The van der Waals surface area contributed by atoms with Gasteiger partial charge in [-0.2, -0.15) is 23.3 Å². The predicted molar refractivity (Wildman–Crippen MR) is 93.9 cm³/mol. The van der Waals surface area contributed by atoms with Gasteiger partial charge in [-0.25, -0.2) is 0 Å². The number of nitrogens with zero attached hydrogens (tertiary/aromatic N) is 5. The zero-order valence-corrected chi connectivity index (χ0v) is 14.8. The molecule has 10 heteroatoms. The maximum Gasteiger partial charge on any atom is 0.418 e. The highest BCUT2D eigenvalue weighted by Gasteiger charge is 2.34. The Bertz CT molecular complexity index is 762. The number of likely N-dealkylation sites (N-methyl/N-ethyl adjacent to an activating group) is 1. The molecule has 3 rings (SSSR count). The van der Waals surface area contributed by atoms with Gasteiger partial charge in [-0.1, -0.05) is 18.5 Å². The first-order chi connectivity index (χ1) is 12.4. The minimum Gasteiger partial charge on any atom is -0.338 e. The van der Waals surface area contributed by atoms with Crippen LogP contribution in [0.3, 0.4) is 0 Å². The molecule has 0 spiro atoms. The Morgan fingerprint density at radius 3 is 2.58 bits per heavy atom. The van der Waals surface area contributed by atoms with E-state index in [2.05, 4.69) is 32.3 Å². The van der Waals surface area contributed by atoms with Crippen LogP contribution in [0, 0.1) is 0 Å². The van der Waals surface area contributed by atoms with Crippen LogP contribution in [-0.2, 0) is 6.18 Å². The third-order valence-electron chi connectivity index (χ3n) is 4.20. The Labute approximate surface area is 154 Å². The summed E-state index contributed by atoms with van der Waals surface area (Å²) in [7, 11) is 0. The standard InChI is InChI=1S/C16H18ClF3N6/c1-2-25-5-7-26(8-6-25)15-23-14(10-21-24-15)22-13-4-3-11(17)9-12(13)16(18,19)20/h3-4,9-10H,2,5-8H2,1H3,(H,22,23,24). The van der Waals surface area contributed by atoms with Gasteiger partial charge in [0.15, 0.2) is 5.82 Å². The summed E-state index contributed by atoms with van der Waals surface area (Å²) in [6.45, 7) is 6.33. The maximum atomic E-state index is 13.2. The van der Waals surface area contributed by atoms with E-state index >= 15 is 0 Å². The number of aromatic nitrogens is 3. The number of nitrogens with one attached hydrogen (secondary N) is 1. The summed E-state index contributed by atoms with van der Waals surface area (Å²) < 4.78 is 39.6. The minimum absolute atomic E-state index is 0.0122.